The summed E-state index contributed by atoms with van der Waals surface area (Å²) in [4.78, 5) is 12.0. The highest BCUT2D eigenvalue weighted by Gasteiger charge is 2.04. The molecule has 0 aliphatic heterocycles. The van der Waals surface area contributed by atoms with Gasteiger partial charge in [-0.1, -0.05) is 36.4 Å². The third-order valence-electron chi connectivity index (χ3n) is 2.91. The smallest absolute Gasteiger partial charge is 0.200 e. The summed E-state index contributed by atoms with van der Waals surface area (Å²) in [7, 11) is 0. The van der Waals surface area contributed by atoms with Crippen LogP contribution in [-0.4, -0.2) is 0 Å². The summed E-state index contributed by atoms with van der Waals surface area (Å²) in [6.45, 7) is 0. The van der Waals surface area contributed by atoms with Crippen LogP contribution in [0.15, 0.2) is 80.6 Å². The Morgan fingerprint density at radius 1 is 0.700 bits per heavy atom. The fourth-order valence-electron chi connectivity index (χ4n) is 1.98. The number of fused-ring (bicyclic) bond motifs is 2. The molecule has 0 bridgehead atoms. The topological polar surface area (TPSA) is 30.2 Å². The van der Waals surface area contributed by atoms with E-state index in [4.69, 9.17) is 4.42 Å². The molecule has 0 atom stereocenters. The van der Waals surface area contributed by atoms with Crippen LogP contribution in [0.25, 0.3) is 21.9 Å². The molecule has 2 aromatic heterocycles. The van der Waals surface area contributed by atoms with Crippen molar-refractivity contribution in [3.05, 3.63) is 81.6 Å². The maximum Gasteiger partial charge on any atom is 0.200 e. The van der Waals surface area contributed by atoms with Gasteiger partial charge in [0.15, 0.2) is 0 Å². The van der Waals surface area contributed by atoms with Gasteiger partial charge in [0.2, 0.25) is 5.43 Å². The van der Waals surface area contributed by atoms with Gasteiger partial charge in [0.25, 0.3) is 0 Å². The lowest BCUT2D eigenvalue weighted by Crippen LogP contribution is -2.01. The predicted octanol–water partition coefficient (Wildman–Crippen LogP) is 4.69. The first-order valence-electron chi connectivity index (χ1n) is 6.24. The van der Waals surface area contributed by atoms with Gasteiger partial charge in [-0.05, 0) is 35.0 Å². The predicted molar refractivity (Wildman–Crippen MR) is 84.3 cm³/mol. The second-order valence-corrected chi connectivity index (χ2v) is 5.03. The summed E-state index contributed by atoms with van der Waals surface area (Å²) in [5.74, 6) is 0. The third-order valence-corrected chi connectivity index (χ3v) is 3.54. The largest absolute Gasteiger partial charge is 0.456 e. The number of benzene rings is 2. The van der Waals surface area contributed by atoms with Crippen LogP contribution in [0.1, 0.15) is 0 Å². The molecule has 0 fully saturated rings. The van der Waals surface area contributed by atoms with Gasteiger partial charge in [0.05, 0.1) is 10.8 Å². The molecule has 20 heavy (non-hydrogen) atoms. The molecule has 0 amide bonds. The van der Waals surface area contributed by atoms with Crippen LogP contribution in [0.4, 0.5) is 0 Å². The zero-order valence-corrected chi connectivity index (χ0v) is 11.5. The molecule has 4 rings (SSSR count). The lowest BCUT2D eigenvalue weighted by Gasteiger charge is -1.99. The minimum Gasteiger partial charge on any atom is -0.456 e. The maximum absolute atomic E-state index is 12.0. The molecular weight excluding hydrogens is 268 g/mol. The quantitative estimate of drug-likeness (QED) is 0.437. The Kier molecular flexibility index (Phi) is 3.61. The molecular formula is C17H12O2S. The Bertz CT molecular complexity index is 802. The van der Waals surface area contributed by atoms with Gasteiger partial charge in [0.1, 0.15) is 11.2 Å². The second kappa shape index (κ2) is 5.72. The minimum absolute atomic E-state index is 0.0347. The van der Waals surface area contributed by atoms with Gasteiger partial charge in [-0.2, -0.15) is 11.3 Å². The van der Waals surface area contributed by atoms with Crippen molar-refractivity contribution in [2.75, 3.05) is 0 Å². The van der Waals surface area contributed by atoms with Crippen LogP contribution < -0.4 is 5.43 Å². The first-order chi connectivity index (χ1) is 9.86. The summed E-state index contributed by atoms with van der Waals surface area (Å²) in [5, 5.41) is 5.35. The zero-order valence-electron chi connectivity index (χ0n) is 10.7. The molecule has 0 spiro atoms. The van der Waals surface area contributed by atoms with Crippen molar-refractivity contribution < 1.29 is 4.42 Å². The monoisotopic (exact) mass is 280 g/mol. The molecule has 0 aliphatic carbocycles. The first kappa shape index (κ1) is 12.6. The van der Waals surface area contributed by atoms with Crippen molar-refractivity contribution >= 4 is 33.3 Å². The van der Waals surface area contributed by atoms with E-state index in [-0.39, 0.29) is 5.43 Å². The van der Waals surface area contributed by atoms with E-state index in [1.54, 1.807) is 23.5 Å². The van der Waals surface area contributed by atoms with E-state index < -0.39 is 0 Å². The Labute approximate surface area is 119 Å². The van der Waals surface area contributed by atoms with Crippen LogP contribution in [0.3, 0.4) is 0 Å². The number of rotatable bonds is 0. The van der Waals surface area contributed by atoms with E-state index >= 15 is 0 Å². The fourth-order valence-corrected chi connectivity index (χ4v) is 2.43. The second-order valence-electron chi connectivity index (χ2n) is 4.22. The highest BCUT2D eigenvalue weighted by Crippen LogP contribution is 2.17. The van der Waals surface area contributed by atoms with Crippen molar-refractivity contribution in [3.8, 4) is 0 Å². The molecule has 2 nitrogen and oxygen atoms in total. The van der Waals surface area contributed by atoms with Crippen LogP contribution in [0, 0.1) is 0 Å². The Balaban J connectivity index is 0.000000205. The number of hydrogen-bond donors (Lipinski definition) is 0. The highest BCUT2D eigenvalue weighted by atomic mass is 32.1. The summed E-state index contributed by atoms with van der Waals surface area (Å²) in [6.07, 6.45) is 0. The number of para-hydroxylation sites is 2. The van der Waals surface area contributed by atoms with Gasteiger partial charge >= 0.3 is 0 Å². The van der Waals surface area contributed by atoms with E-state index in [1.165, 1.54) is 0 Å². The van der Waals surface area contributed by atoms with Crippen LogP contribution in [-0.2, 0) is 0 Å². The number of thiophene rings is 1. The molecule has 2 heterocycles. The maximum atomic E-state index is 12.0. The first-order valence-corrected chi connectivity index (χ1v) is 7.18. The van der Waals surface area contributed by atoms with Crippen molar-refractivity contribution in [2.45, 2.75) is 0 Å². The normalized spacial score (nSPS) is 10.2. The summed E-state index contributed by atoms with van der Waals surface area (Å²) >= 11 is 1.71. The van der Waals surface area contributed by atoms with Gasteiger partial charge in [0, 0.05) is 0 Å². The summed E-state index contributed by atoms with van der Waals surface area (Å²) in [5.41, 5.74) is 1.31. The zero-order chi connectivity index (χ0) is 13.8. The van der Waals surface area contributed by atoms with E-state index in [2.05, 4.69) is 0 Å². The molecule has 0 unspecified atom stereocenters. The Morgan fingerprint density at radius 3 is 1.65 bits per heavy atom. The standard InChI is InChI=1S/C13H8O2.C4H4S/c14-13-9-5-1-3-7-11(9)15-12-8-4-2-6-10(12)13;1-2-4-5-3-1/h1-8H;1-4H. The Hall–Kier alpha value is -2.39. The lowest BCUT2D eigenvalue weighted by molar-refractivity contribution is 0.660. The van der Waals surface area contributed by atoms with Crippen molar-refractivity contribution in [3.63, 3.8) is 0 Å². The average molecular weight is 280 g/mol. The molecule has 0 saturated heterocycles. The van der Waals surface area contributed by atoms with E-state index in [1.807, 2.05) is 59.3 Å². The third kappa shape index (κ3) is 2.49. The van der Waals surface area contributed by atoms with Gasteiger partial charge in [-0.15, -0.1) is 0 Å². The van der Waals surface area contributed by atoms with E-state index in [0.717, 1.165) is 0 Å². The van der Waals surface area contributed by atoms with Crippen LogP contribution >= 0.6 is 11.3 Å². The minimum atomic E-state index is 0.0347. The van der Waals surface area contributed by atoms with Crippen LogP contribution in [0.5, 0.6) is 0 Å². The van der Waals surface area contributed by atoms with Crippen LogP contribution in [0.2, 0.25) is 0 Å². The lowest BCUT2D eigenvalue weighted by atomic mass is 10.1. The summed E-state index contributed by atoms with van der Waals surface area (Å²) < 4.78 is 5.63. The molecule has 2 aromatic carbocycles. The van der Waals surface area contributed by atoms with Gasteiger partial charge in [-0.25, -0.2) is 0 Å². The fraction of sp³-hybridized carbons (Fsp3) is 0. The van der Waals surface area contributed by atoms with E-state index in [9.17, 15) is 4.79 Å². The molecule has 0 N–H and O–H groups in total. The van der Waals surface area contributed by atoms with Crippen molar-refractivity contribution in [1.29, 1.82) is 0 Å². The SMILES string of the molecule is O=c1c2ccccc2oc2ccccc12.c1ccsc1. The molecule has 98 valence electrons. The van der Waals surface area contributed by atoms with Gasteiger partial charge in [-0.3, -0.25) is 4.79 Å². The average Bonchev–Trinajstić information content (AvgIpc) is 3.07. The molecule has 4 aromatic rings. The van der Waals surface area contributed by atoms with Crippen molar-refractivity contribution in [2.24, 2.45) is 0 Å². The highest BCUT2D eigenvalue weighted by molar-refractivity contribution is 7.07. The molecule has 0 saturated carbocycles. The number of hydrogen-bond acceptors (Lipinski definition) is 3. The summed E-state index contributed by atoms with van der Waals surface area (Å²) in [6, 6.07) is 18.6. The molecule has 0 radical (unpaired) electrons. The molecule has 3 heteroatoms. The Morgan fingerprint density at radius 2 is 1.20 bits per heavy atom. The van der Waals surface area contributed by atoms with E-state index in [0.29, 0.717) is 21.9 Å². The van der Waals surface area contributed by atoms with Gasteiger partial charge < -0.3 is 4.42 Å². The molecule has 0 aliphatic rings. The van der Waals surface area contributed by atoms with Crippen molar-refractivity contribution in [1.82, 2.24) is 0 Å².